The molecule has 0 radical (unpaired) electrons. The van der Waals surface area contributed by atoms with E-state index in [4.69, 9.17) is 27.9 Å². The fraction of sp³-hybridized carbons (Fsp3) is 0.182. The molecule has 3 aromatic rings. The zero-order valence-electron chi connectivity index (χ0n) is 14.7. The van der Waals surface area contributed by atoms with Gasteiger partial charge in [-0.2, -0.15) is 0 Å². The standard InChI is InChI=1S/C22H20Cl2FNO/c23-18-9-7-16(8-10-18)11-12-26-14-17-3-1-4-19(13-17)27-15-20-21(24)5-2-6-22(20)25/h1-10,13,26H,11-12,14-15H2. The summed E-state index contributed by atoms with van der Waals surface area (Å²) in [6.07, 6.45) is 0.930. The van der Waals surface area contributed by atoms with Gasteiger partial charge in [0.25, 0.3) is 0 Å². The highest BCUT2D eigenvalue weighted by molar-refractivity contribution is 6.31. The summed E-state index contributed by atoms with van der Waals surface area (Å²) < 4.78 is 19.5. The van der Waals surface area contributed by atoms with E-state index in [2.05, 4.69) is 5.32 Å². The van der Waals surface area contributed by atoms with E-state index in [1.165, 1.54) is 11.6 Å². The zero-order chi connectivity index (χ0) is 19.1. The predicted octanol–water partition coefficient (Wildman–Crippen LogP) is 6.04. The van der Waals surface area contributed by atoms with Crippen LogP contribution in [0.1, 0.15) is 16.7 Å². The molecular weight excluding hydrogens is 384 g/mol. The molecule has 2 nitrogen and oxygen atoms in total. The molecule has 0 aromatic heterocycles. The highest BCUT2D eigenvalue weighted by atomic mass is 35.5. The highest BCUT2D eigenvalue weighted by Gasteiger charge is 2.08. The summed E-state index contributed by atoms with van der Waals surface area (Å²) in [5.41, 5.74) is 2.71. The van der Waals surface area contributed by atoms with Gasteiger partial charge >= 0.3 is 0 Å². The third kappa shape index (κ3) is 5.96. The lowest BCUT2D eigenvalue weighted by atomic mass is 10.1. The van der Waals surface area contributed by atoms with Crippen molar-refractivity contribution in [2.45, 2.75) is 19.6 Å². The molecule has 0 amide bonds. The summed E-state index contributed by atoms with van der Waals surface area (Å²) in [6, 6.07) is 20.2. The second-order valence-corrected chi connectivity index (χ2v) is 7.03. The molecule has 0 atom stereocenters. The van der Waals surface area contributed by atoms with E-state index < -0.39 is 0 Å². The van der Waals surface area contributed by atoms with Crippen LogP contribution in [0.3, 0.4) is 0 Å². The first-order valence-electron chi connectivity index (χ1n) is 8.71. The number of ether oxygens (including phenoxy) is 1. The Bertz CT molecular complexity index is 863. The van der Waals surface area contributed by atoms with Crippen molar-refractivity contribution >= 4 is 23.2 Å². The maximum absolute atomic E-state index is 13.8. The van der Waals surface area contributed by atoms with Crippen molar-refractivity contribution in [3.05, 3.63) is 99.3 Å². The molecular formula is C22H20Cl2FNO. The van der Waals surface area contributed by atoms with Crippen LogP contribution in [0.2, 0.25) is 10.0 Å². The van der Waals surface area contributed by atoms with Gasteiger partial charge in [0, 0.05) is 17.1 Å². The molecule has 3 aromatic carbocycles. The second-order valence-electron chi connectivity index (χ2n) is 6.19. The Balaban J connectivity index is 1.49. The predicted molar refractivity (Wildman–Crippen MR) is 109 cm³/mol. The largest absolute Gasteiger partial charge is 0.489 e. The molecule has 0 fully saturated rings. The van der Waals surface area contributed by atoms with Crippen molar-refractivity contribution in [1.29, 1.82) is 0 Å². The van der Waals surface area contributed by atoms with Crippen molar-refractivity contribution in [3.63, 3.8) is 0 Å². The molecule has 3 rings (SSSR count). The van der Waals surface area contributed by atoms with Crippen LogP contribution < -0.4 is 10.1 Å². The van der Waals surface area contributed by atoms with Crippen LogP contribution in [0, 0.1) is 5.82 Å². The first kappa shape index (κ1) is 19.7. The minimum atomic E-state index is -0.359. The zero-order valence-corrected chi connectivity index (χ0v) is 16.2. The molecule has 5 heteroatoms. The maximum Gasteiger partial charge on any atom is 0.131 e. The summed E-state index contributed by atoms with van der Waals surface area (Å²) in [4.78, 5) is 0. The molecule has 0 heterocycles. The lowest BCUT2D eigenvalue weighted by Crippen LogP contribution is -2.16. The Morgan fingerprint density at radius 2 is 1.67 bits per heavy atom. The number of rotatable bonds is 8. The molecule has 0 aliphatic rings. The number of halogens is 3. The number of nitrogens with one attached hydrogen (secondary N) is 1. The molecule has 27 heavy (non-hydrogen) atoms. The van der Waals surface area contributed by atoms with E-state index in [1.54, 1.807) is 12.1 Å². The van der Waals surface area contributed by atoms with Crippen molar-refractivity contribution < 1.29 is 9.13 Å². The Hall–Kier alpha value is -2.07. The Kier molecular flexibility index (Phi) is 7.11. The average molecular weight is 404 g/mol. The molecule has 1 N–H and O–H groups in total. The Labute approximate surface area is 168 Å². The van der Waals surface area contributed by atoms with Gasteiger partial charge in [-0.15, -0.1) is 0 Å². The minimum Gasteiger partial charge on any atom is -0.489 e. The van der Waals surface area contributed by atoms with E-state index in [9.17, 15) is 4.39 Å². The summed E-state index contributed by atoms with van der Waals surface area (Å²) >= 11 is 11.9. The van der Waals surface area contributed by atoms with Crippen molar-refractivity contribution in [3.8, 4) is 5.75 Å². The summed E-state index contributed by atoms with van der Waals surface area (Å²) in [7, 11) is 0. The monoisotopic (exact) mass is 403 g/mol. The molecule has 0 aliphatic heterocycles. The third-order valence-corrected chi connectivity index (χ3v) is 4.78. The first-order valence-corrected chi connectivity index (χ1v) is 9.47. The van der Waals surface area contributed by atoms with Crippen LogP contribution >= 0.6 is 23.2 Å². The van der Waals surface area contributed by atoms with Gasteiger partial charge in [-0.1, -0.05) is 53.5 Å². The first-order chi connectivity index (χ1) is 13.1. The van der Waals surface area contributed by atoms with Crippen LogP contribution in [-0.4, -0.2) is 6.54 Å². The molecule has 0 unspecified atom stereocenters. The van der Waals surface area contributed by atoms with Crippen molar-refractivity contribution in [2.24, 2.45) is 0 Å². The topological polar surface area (TPSA) is 21.3 Å². The number of benzene rings is 3. The molecule has 0 bridgehead atoms. The highest BCUT2D eigenvalue weighted by Crippen LogP contribution is 2.22. The van der Waals surface area contributed by atoms with Gasteiger partial charge in [0.2, 0.25) is 0 Å². The van der Waals surface area contributed by atoms with E-state index in [-0.39, 0.29) is 12.4 Å². The number of hydrogen-bond donors (Lipinski definition) is 1. The fourth-order valence-corrected chi connectivity index (χ4v) is 3.03. The van der Waals surface area contributed by atoms with E-state index in [0.29, 0.717) is 16.3 Å². The summed E-state index contributed by atoms with van der Waals surface area (Å²) in [6.45, 7) is 1.68. The quantitative estimate of drug-likeness (QED) is 0.462. The molecule has 140 valence electrons. The van der Waals surface area contributed by atoms with Crippen LogP contribution in [0.15, 0.2) is 66.7 Å². The lowest BCUT2D eigenvalue weighted by molar-refractivity contribution is 0.299. The lowest BCUT2D eigenvalue weighted by Gasteiger charge is -2.11. The summed E-state index contributed by atoms with van der Waals surface area (Å²) in [5.74, 6) is 0.328. The maximum atomic E-state index is 13.8. The van der Waals surface area contributed by atoms with E-state index in [0.717, 1.165) is 30.1 Å². The third-order valence-electron chi connectivity index (χ3n) is 4.18. The average Bonchev–Trinajstić information content (AvgIpc) is 2.67. The van der Waals surface area contributed by atoms with Crippen LogP contribution in [0.25, 0.3) is 0 Å². The van der Waals surface area contributed by atoms with Gasteiger partial charge in [0.05, 0.1) is 5.02 Å². The van der Waals surface area contributed by atoms with Crippen molar-refractivity contribution in [2.75, 3.05) is 6.54 Å². The number of hydrogen-bond acceptors (Lipinski definition) is 2. The molecule has 0 saturated carbocycles. The van der Waals surface area contributed by atoms with Crippen LogP contribution in [0.4, 0.5) is 4.39 Å². The second kappa shape index (κ2) is 9.75. The Morgan fingerprint density at radius 1 is 0.889 bits per heavy atom. The van der Waals surface area contributed by atoms with Crippen LogP contribution in [-0.2, 0) is 19.6 Å². The Morgan fingerprint density at radius 3 is 2.44 bits per heavy atom. The van der Waals surface area contributed by atoms with Gasteiger partial charge in [-0.25, -0.2) is 4.39 Å². The normalized spacial score (nSPS) is 10.8. The SMILES string of the molecule is Fc1cccc(Cl)c1COc1cccc(CNCCc2ccc(Cl)cc2)c1. The van der Waals surface area contributed by atoms with Gasteiger partial charge in [-0.3, -0.25) is 0 Å². The van der Waals surface area contributed by atoms with Gasteiger partial charge in [0.1, 0.15) is 18.2 Å². The minimum absolute atomic E-state index is 0.0962. The van der Waals surface area contributed by atoms with E-state index >= 15 is 0 Å². The molecule has 0 saturated heterocycles. The van der Waals surface area contributed by atoms with Gasteiger partial charge < -0.3 is 10.1 Å². The molecule has 0 spiro atoms. The van der Waals surface area contributed by atoms with Gasteiger partial charge in [0.15, 0.2) is 0 Å². The van der Waals surface area contributed by atoms with Crippen molar-refractivity contribution in [1.82, 2.24) is 5.32 Å². The fourth-order valence-electron chi connectivity index (χ4n) is 2.69. The van der Waals surface area contributed by atoms with E-state index in [1.807, 2.05) is 48.5 Å². The summed E-state index contributed by atoms with van der Waals surface area (Å²) in [5, 5.41) is 4.53. The molecule has 0 aliphatic carbocycles. The van der Waals surface area contributed by atoms with Crippen LogP contribution in [0.5, 0.6) is 5.75 Å². The van der Waals surface area contributed by atoms with Gasteiger partial charge in [-0.05, 0) is 60.5 Å². The smallest absolute Gasteiger partial charge is 0.131 e.